The molecule has 2 aliphatic rings. The lowest BCUT2D eigenvalue weighted by Crippen LogP contribution is -2.50. The highest BCUT2D eigenvalue weighted by atomic mass is 16.2. The molecule has 0 bridgehead atoms. The third-order valence-electron chi connectivity index (χ3n) is 4.13. The highest BCUT2D eigenvalue weighted by Crippen LogP contribution is 2.23. The minimum Gasteiger partial charge on any atom is -0.352 e. The molecule has 2 aliphatic heterocycles. The van der Waals surface area contributed by atoms with E-state index in [1.54, 1.807) is 0 Å². The van der Waals surface area contributed by atoms with Gasteiger partial charge in [0, 0.05) is 31.1 Å². The van der Waals surface area contributed by atoms with Crippen LogP contribution in [0.4, 0.5) is 0 Å². The molecule has 2 atom stereocenters. The number of amides is 2. The van der Waals surface area contributed by atoms with E-state index in [9.17, 15) is 9.59 Å². The van der Waals surface area contributed by atoms with Gasteiger partial charge in [0.25, 0.3) is 0 Å². The SMILES string of the molecule is CC(C)(C)C(=O)N1CCCC(C(=O)NC2CCNC2)C1. The predicted octanol–water partition coefficient (Wildman–Crippen LogP) is 0.749. The van der Waals surface area contributed by atoms with Crippen LogP contribution in [-0.2, 0) is 9.59 Å². The Balaban J connectivity index is 1.89. The molecule has 2 fully saturated rings. The maximum absolute atomic E-state index is 12.3. The summed E-state index contributed by atoms with van der Waals surface area (Å²) in [7, 11) is 0. The van der Waals surface area contributed by atoms with Crippen LogP contribution in [0.3, 0.4) is 0 Å². The number of rotatable bonds is 2. The number of hydrogen-bond acceptors (Lipinski definition) is 3. The maximum atomic E-state index is 12.3. The second kappa shape index (κ2) is 6.12. The Morgan fingerprint density at radius 1 is 1.25 bits per heavy atom. The first-order chi connectivity index (χ1) is 9.38. The van der Waals surface area contributed by atoms with Crippen LogP contribution in [0.1, 0.15) is 40.0 Å². The summed E-state index contributed by atoms with van der Waals surface area (Å²) in [4.78, 5) is 26.5. The second-order valence-corrected chi connectivity index (χ2v) is 7.04. The molecular formula is C15H27N3O2. The average molecular weight is 281 g/mol. The second-order valence-electron chi connectivity index (χ2n) is 7.04. The van der Waals surface area contributed by atoms with Crippen molar-refractivity contribution in [3.05, 3.63) is 0 Å². The van der Waals surface area contributed by atoms with Gasteiger partial charge in [0.2, 0.25) is 11.8 Å². The van der Waals surface area contributed by atoms with E-state index in [-0.39, 0.29) is 29.2 Å². The maximum Gasteiger partial charge on any atom is 0.227 e. The Morgan fingerprint density at radius 3 is 2.60 bits per heavy atom. The molecule has 0 spiro atoms. The summed E-state index contributed by atoms with van der Waals surface area (Å²) in [6.07, 6.45) is 2.81. The minimum absolute atomic E-state index is 0.0457. The van der Waals surface area contributed by atoms with Crippen LogP contribution in [0.25, 0.3) is 0 Å². The van der Waals surface area contributed by atoms with E-state index in [2.05, 4.69) is 10.6 Å². The summed E-state index contributed by atoms with van der Waals surface area (Å²) in [6.45, 7) is 9.00. The zero-order valence-electron chi connectivity index (χ0n) is 12.9. The monoisotopic (exact) mass is 281 g/mol. The van der Waals surface area contributed by atoms with Crippen molar-refractivity contribution < 1.29 is 9.59 Å². The quantitative estimate of drug-likeness (QED) is 0.785. The van der Waals surface area contributed by atoms with Crippen LogP contribution < -0.4 is 10.6 Å². The molecule has 0 aliphatic carbocycles. The summed E-state index contributed by atoms with van der Waals surface area (Å²) < 4.78 is 0. The molecule has 2 heterocycles. The van der Waals surface area contributed by atoms with E-state index < -0.39 is 0 Å². The van der Waals surface area contributed by atoms with Crippen molar-refractivity contribution in [1.82, 2.24) is 15.5 Å². The van der Waals surface area contributed by atoms with Crippen molar-refractivity contribution in [3.63, 3.8) is 0 Å². The van der Waals surface area contributed by atoms with Crippen LogP contribution in [0.2, 0.25) is 0 Å². The van der Waals surface area contributed by atoms with Crippen LogP contribution in [-0.4, -0.2) is 48.9 Å². The van der Waals surface area contributed by atoms with Gasteiger partial charge in [0.15, 0.2) is 0 Å². The normalized spacial score (nSPS) is 27.4. The van der Waals surface area contributed by atoms with Gasteiger partial charge in [-0.15, -0.1) is 0 Å². The Bertz CT molecular complexity index is 370. The first-order valence-corrected chi connectivity index (χ1v) is 7.68. The van der Waals surface area contributed by atoms with Crippen LogP contribution in [0, 0.1) is 11.3 Å². The molecule has 5 heteroatoms. The highest BCUT2D eigenvalue weighted by Gasteiger charge is 2.34. The Hall–Kier alpha value is -1.10. The fourth-order valence-corrected chi connectivity index (χ4v) is 2.95. The molecule has 5 nitrogen and oxygen atoms in total. The van der Waals surface area contributed by atoms with Gasteiger partial charge in [-0.25, -0.2) is 0 Å². The molecule has 0 radical (unpaired) electrons. The third kappa shape index (κ3) is 3.72. The molecule has 0 saturated carbocycles. The van der Waals surface area contributed by atoms with Crippen molar-refractivity contribution in [3.8, 4) is 0 Å². The van der Waals surface area contributed by atoms with E-state index in [1.165, 1.54) is 0 Å². The lowest BCUT2D eigenvalue weighted by atomic mass is 9.91. The van der Waals surface area contributed by atoms with Gasteiger partial charge in [-0.1, -0.05) is 20.8 Å². The molecule has 0 aromatic rings. The summed E-state index contributed by atoms with van der Waals surface area (Å²) in [6, 6.07) is 0.260. The van der Waals surface area contributed by atoms with Gasteiger partial charge in [-0.2, -0.15) is 0 Å². The van der Waals surface area contributed by atoms with Gasteiger partial charge in [-0.3, -0.25) is 9.59 Å². The lowest BCUT2D eigenvalue weighted by molar-refractivity contribution is -0.142. The van der Waals surface area contributed by atoms with E-state index in [0.717, 1.165) is 38.9 Å². The number of carbonyl (C=O) groups excluding carboxylic acids is 2. The zero-order valence-corrected chi connectivity index (χ0v) is 12.9. The number of nitrogens with zero attached hydrogens (tertiary/aromatic N) is 1. The average Bonchev–Trinajstić information content (AvgIpc) is 2.89. The van der Waals surface area contributed by atoms with E-state index in [0.29, 0.717) is 6.54 Å². The molecule has 2 amide bonds. The number of hydrogen-bond donors (Lipinski definition) is 2. The summed E-state index contributed by atoms with van der Waals surface area (Å²) in [5, 5.41) is 6.36. The molecule has 0 aromatic heterocycles. The first-order valence-electron chi connectivity index (χ1n) is 7.68. The fourth-order valence-electron chi connectivity index (χ4n) is 2.95. The minimum atomic E-state index is -0.367. The van der Waals surface area contributed by atoms with Crippen LogP contribution in [0.5, 0.6) is 0 Å². The van der Waals surface area contributed by atoms with Crippen LogP contribution in [0.15, 0.2) is 0 Å². The van der Waals surface area contributed by atoms with E-state index >= 15 is 0 Å². The Kier molecular flexibility index (Phi) is 4.68. The first kappa shape index (κ1) is 15.3. The van der Waals surface area contributed by atoms with E-state index in [4.69, 9.17) is 0 Å². The highest BCUT2D eigenvalue weighted by molar-refractivity contribution is 5.84. The van der Waals surface area contributed by atoms with Crippen molar-refractivity contribution in [2.45, 2.75) is 46.1 Å². The van der Waals surface area contributed by atoms with Crippen LogP contribution >= 0.6 is 0 Å². The fraction of sp³-hybridized carbons (Fsp3) is 0.867. The number of nitrogens with one attached hydrogen (secondary N) is 2. The number of carbonyl (C=O) groups is 2. The molecule has 2 N–H and O–H groups in total. The molecule has 2 saturated heterocycles. The smallest absolute Gasteiger partial charge is 0.227 e. The molecule has 114 valence electrons. The van der Waals surface area contributed by atoms with Crippen molar-refractivity contribution in [2.75, 3.05) is 26.2 Å². The Labute approximate surface area is 121 Å². The topological polar surface area (TPSA) is 61.4 Å². The van der Waals surface area contributed by atoms with E-state index in [1.807, 2.05) is 25.7 Å². The molecule has 20 heavy (non-hydrogen) atoms. The largest absolute Gasteiger partial charge is 0.352 e. The Morgan fingerprint density at radius 2 is 2.00 bits per heavy atom. The lowest BCUT2D eigenvalue weighted by Gasteiger charge is -2.36. The summed E-state index contributed by atoms with van der Waals surface area (Å²) in [5.41, 5.74) is -0.367. The van der Waals surface area contributed by atoms with Gasteiger partial charge >= 0.3 is 0 Å². The third-order valence-corrected chi connectivity index (χ3v) is 4.13. The van der Waals surface area contributed by atoms with Crippen molar-refractivity contribution in [2.24, 2.45) is 11.3 Å². The molecule has 2 unspecified atom stereocenters. The van der Waals surface area contributed by atoms with Gasteiger partial charge in [0.05, 0.1) is 5.92 Å². The molecule has 2 rings (SSSR count). The van der Waals surface area contributed by atoms with Crippen molar-refractivity contribution >= 4 is 11.8 Å². The van der Waals surface area contributed by atoms with Crippen molar-refractivity contribution in [1.29, 1.82) is 0 Å². The summed E-state index contributed by atoms with van der Waals surface area (Å²) in [5.74, 6) is 0.221. The zero-order chi connectivity index (χ0) is 14.8. The predicted molar refractivity (Wildman–Crippen MR) is 78.2 cm³/mol. The van der Waals surface area contributed by atoms with Gasteiger partial charge in [-0.05, 0) is 25.8 Å². The standard InChI is InChI=1S/C15H27N3O2/c1-15(2,3)14(20)18-8-4-5-11(10-18)13(19)17-12-6-7-16-9-12/h11-12,16H,4-10H2,1-3H3,(H,17,19). The van der Waals surface area contributed by atoms with Gasteiger partial charge < -0.3 is 15.5 Å². The number of likely N-dealkylation sites (tertiary alicyclic amines) is 1. The summed E-state index contributed by atoms with van der Waals surface area (Å²) >= 11 is 0. The molecule has 0 aromatic carbocycles. The number of piperidine rings is 1. The molecular weight excluding hydrogens is 254 g/mol. The van der Waals surface area contributed by atoms with Gasteiger partial charge in [0.1, 0.15) is 0 Å².